The number of halogens is 5. The summed E-state index contributed by atoms with van der Waals surface area (Å²) in [6, 6.07) is 4.97. The van der Waals surface area contributed by atoms with Gasteiger partial charge in [-0.25, -0.2) is 14.4 Å². The molecule has 0 spiro atoms. The van der Waals surface area contributed by atoms with E-state index in [1.807, 2.05) is 0 Å². The number of aromatic nitrogens is 2. The summed E-state index contributed by atoms with van der Waals surface area (Å²) >= 11 is 5.57. The van der Waals surface area contributed by atoms with Gasteiger partial charge in [-0.05, 0) is 23.8 Å². The van der Waals surface area contributed by atoms with Crippen LogP contribution in [0.3, 0.4) is 0 Å². The van der Waals surface area contributed by atoms with Gasteiger partial charge in [0.15, 0.2) is 0 Å². The Hall–Kier alpha value is -1.89. The Bertz CT molecular complexity index is 646. The van der Waals surface area contributed by atoms with Gasteiger partial charge in [-0.1, -0.05) is 17.7 Å². The Balaban J connectivity index is 2.20. The molecular weight excluding hydrogens is 310 g/mol. The molecule has 3 nitrogen and oxygen atoms in total. The first-order valence-electron chi connectivity index (χ1n) is 5.82. The van der Waals surface area contributed by atoms with Gasteiger partial charge in [0.05, 0.1) is 5.02 Å². The van der Waals surface area contributed by atoms with E-state index in [1.54, 1.807) is 6.07 Å². The van der Waals surface area contributed by atoms with Crippen molar-refractivity contribution in [3.8, 4) is 0 Å². The zero-order valence-corrected chi connectivity index (χ0v) is 11.6. The van der Waals surface area contributed by atoms with E-state index in [9.17, 15) is 17.6 Å². The Morgan fingerprint density at radius 1 is 1.24 bits per heavy atom. The molecule has 0 radical (unpaired) electrons. The molecule has 0 atom stereocenters. The lowest BCUT2D eigenvalue weighted by atomic mass is 10.2. The molecule has 0 fully saturated rings. The predicted molar refractivity (Wildman–Crippen MR) is 70.6 cm³/mol. The highest BCUT2D eigenvalue weighted by Crippen LogP contribution is 2.28. The van der Waals surface area contributed by atoms with Crippen molar-refractivity contribution in [1.29, 1.82) is 0 Å². The molecule has 112 valence electrons. The van der Waals surface area contributed by atoms with Crippen LogP contribution in [0, 0.1) is 5.82 Å². The van der Waals surface area contributed by atoms with Crippen molar-refractivity contribution in [2.24, 2.45) is 0 Å². The zero-order chi connectivity index (χ0) is 15.6. The highest BCUT2D eigenvalue weighted by Gasteiger charge is 2.33. The topological polar surface area (TPSA) is 29.0 Å². The average molecular weight is 320 g/mol. The van der Waals surface area contributed by atoms with Gasteiger partial charge in [0, 0.05) is 19.8 Å². The third kappa shape index (κ3) is 3.81. The lowest BCUT2D eigenvalue weighted by molar-refractivity contribution is -0.141. The number of benzene rings is 1. The van der Waals surface area contributed by atoms with E-state index in [0.717, 1.165) is 12.3 Å². The monoisotopic (exact) mass is 319 g/mol. The summed E-state index contributed by atoms with van der Waals surface area (Å²) in [5.74, 6) is -0.687. The molecule has 0 saturated carbocycles. The van der Waals surface area contributed by atoms with Crippen LogP contribution in [0.25, 0.3) is 0 Å². The first-order valence-corrected chi connectivity index (χ1v) is 6.20. The van der Waals surface area contributed by atoms with Crippen molar-refractivity contribution in [2.75, 3.05) is 11.9 Å². The van der Waals surface area contributed by atoms with Gasteiger partial charge in [-0.15, -0.1) is 0 Å². The smallest absolute Gasteiger partial charge is 0.340 e. The second-order valence-electron chi connectivity index (χ2n) is 4.34. The number of hydrogen-bond acceptors (Lipinski definition) is 3. The van der Waals surface area contributed by atoms with Crippen molar-refractivity contribution in [1.82, 2.24) is 9.97 Å². The van der Waals surface area contributed by atoms with Crippen LogP contribution in [-0.4, -0.2) is 17.0 Å². The van der Waals surface area contributed by atoms with Crippen molar-refractivity contribution in [2.45, 2.75) is 12.7 Å². The Kier molecular flexibility index (Phi) is 4.32. The SMILES string of the molecule is CN(Cc1ccc(Cl)c(F)c1)c1nccc(C(F)(F)F)n1. The molecule has 21 heavy (non-hydrogen) atoms. The summed E-state index contributed by atoms with van der Waals surface area (Å²) in [6.07, 6.45) is -3.50. The van der Waals surface area contributed by atoms with E-state index in [2.05, 4.69) is 9.97 Å². The fourth-order valence-electron chi connectivity index (χ4n) is 1.67. The average Bonchev–Trinajstić information content (AvgIpc) is 2.42. The third-order valence-corrected chi connectivity index (χ3v) is 2.99. The molecule has 0 aliphatic rings. The molecule has 0 N–H and O–H groups in total. The number of alkyl halides is 3. The molecule has 8 heteroatoms. The van der Waals surface area contributed by atoms with E-state index >= 15 is 0 Å². The molecular formula is C13H10ClF4N3. The standard InChI is InChI=1S/C13H10ClF4N3/c1-21(7-8-2-3-9(14)10(15)6-8)12-19-5-4-11(20-12)13(16,17)18/h2-6H,7H2,1H3. The van der Waals surface area contributed by atoms with Crippen LogP contribution in [0.4, 0.5) is 23.5 Å². The minimum atomic E-state index is -4.54. The summed E-state index contributed by atoms with van der Waals surface area (Å²) in [5.41, 5.74) is -0.484. The normalized spacial score (nSPS) is 11.5. The first kappa shape index (κ1) is 15.5. The largest absolute Gasteiger partial charge is 0.433 e. The maximum atomic E-state index is 13.3. The van der Waals surface area contributed by atoms with Crippen LogP contribution in [-0.2, 0) is 12.7 Å². The number of hydrogen-bond donors (Lipinski definition) is 0. The van der Waals surface area contributed by atoms with Gasteiger partial charge in [-0.3, -0.25) is 0 Å². The fraction of sp³-hybridized carbons (Fsp3) is 0.231. The second kappa shape index (κ2) is 5.85. The third-order valence-electron chi connectivity index (χ3n) is 2.68. The number of nitrogens with zero attached hydrogens (tertiary/aromatic N) is 3. The maximum Gasteiger partial charge on any atom is 0.433 e. The van der Waals surface area contributed by atoms with Crippen LogP contribution in [0.5, 0.6) is 0 Å². The molecule has 0 saturated heterocycles. The Morgan fingerprint density at radius 2 is 1.95 bits per heavy atom. The molecule has 0 amide bonds. The highest BCUT2D eigenvalue weighted by molar-refractivity contribution is 6.30. The maximum absolute atomic E-state index is 13.3. The van der Waals surface area contributed by atoms with E-state index in [1.165, 1.54) is 24.1 Å². The quantitative estimate of drug-likeness (QED) is 0.803. The summed E-state index contributed by atoms with van der Waals surface area (Å²) in [5, 5.41) is -0.0169. The van der Waals surface area contributed by atoms with Gasteiger partial charge in [-0.2, -0.15) is 13.2 Å². The minimum absolute atomic E-state index is 0.0169. The molecule has 1 heterocycles. The predicted octanol–water partition coefficient (Wildman–Crippen LogP) is 3.92. The zero-order valence-electron chi connectivity index (χ0n) is 10.8. The van der Waals surface area contributed by atoms with Crippen molar-refractivity contribution >= 4 is 17.5 Å². The van der Waals surface area contributed by atoms with Crippen LogP contribution >= 0.6 is 11.6 Å². The van der Waals surface area contributed by atoms with E-state index in [4.69, 9.17) is 11.6 Å². The van der Waals surface area contributed by atoms with Crippen molar-refractivity contribution in [3.63, 3.8) is 0 Å². The summed E-state index contributed by atoms with van der Waals surface area (Å²) in [4.78, 5) is 8.62. The van der Waals surface area contributed by atoms with E-state index in [0.29, 0.717) is 5.56 Å². The van der Waals surface area contributed by atoms with Crippen molar-refractivity contribution in [3.05, 3.63) is 52.6 Å². The lowest BCUT2D eigenvalue weighted by Crippen LogP contribution is -2.21. The molecule has 2 aromatic rings. The van der Waals surface area contributed by atoms with Crippen LogP contribution in [0.2, 0.25) is 5.02 Å². The molecule has 1 aromatic heterocycles. The molecule has 2 rings (SSSR count). The molecule has 0 unspecified atom stereocenters. The molecule has 0 bridgehead atoms. The van der Waals surface area contributed by atoms with E-state index < -0.39 is 17.7 Å². The fourth-order valence-corrected chi connectivity index (χ4v) is 1.79. The van der Waals surface area contributed by atoms with E-state index in [-0.39, 0.29) is 17.5 Å². The van der Waals surface area contributed by atoms with Gasteiger partial charge >= 0.3 is 6.18 Å². The molecule has 0 aliphatic heterocycles. The van der Waals surface area contributed by atoms with Crippen molar-refractivity contribution < 1.29 is 17.6 Å². The minimum Gasteiger partial charge on any atom is -0.340 e. The first-order chi connectivity index (χ1) is 9.77. The van der Waals surface area contributed by atoms with Crippen LogP contribution < -0.4 is 4.90 Å². The summed E-state index contributed by atoms with van der Waals surface area (Å²) < 4.78 is 51.1. The van der Waals surface area contributed by atoms with Crippen LogP contribution in [0.1, 0.15) is 11.3 Å². The van der Waals surface area contributed by atoms with Gasteiger partial charge in [0.1, 0.15) is 11.5 Å². The van der Waals surface area contributed by atoms with Gasteiger partial charge in [0.25, 0.3) is 0 Å². The Labute approximate surface area is 123 Å². The molecule has 0 aliphatic carbocycles. The van der Waals surface area contributed by atoms with Gasteiger partial charge < -0.3 is 4.90 Å². The number of anilines is 1. The highest BCUT2D eigenvalue weighted by atomic mass is 35.5. The van der Waals surface area contributed by atoms with Gasteiger partial charge in [0.2, 0.25) is 5.95 Å². The lowest BCUT2D eigenvalue weighted by Gasteiger charge is -2.18. The second-order valence-corrected chi connectivity index (χ2v) is 4.75. The Morgan fingerprint density at radius 3 is 2.57 bits per heavy atom. The summed E-state index contributed by atoms with van der Waals surface area (Å²) in [6.45, 7) is 0.148. The van der Waals surface area contributed by atoms with Crippen LogP contribution in [0.15, 0.2) is 30.5 Å². The number of rotatable bonds is 3. The molecule has 1 aromatic carbocycles. The summed E-state index contributed by atoms with van der Waals surface area (Å²) in [7, 11) is 1.52.